The first kappa shape index (κ1) is 10.3. The highest BCUT2D eigenvalue weighted by molar-refractivity contribution is 7.10. The number of urea groups is 1. The molecule has 3 nitrogen and oxygen atoms in total. The molecular weight excluding hydrogens is 239 g/mol. The lowest BCUT2D eigenvalue weighted by atomic mass is 10.0. The van der Waals surface area contributed by atoms with Gasteiger partial charge in [-0.3, -0.25) is 0 Å². The van der Waals surface area contributed by atoms with Crippen LogP contribution >= 0.6 is 11.3 Å². The van der Waals surface area contributed by atoms with Gasteiger partial charge in [0.15, 0.2) is 0 Å². The van der Waals surface area contributed by atoms with E-state index in [1.165, 1.54) is 23.5 Å². The minimum atomic E-state index is -0.303. The van der Waals surface area contributed by atoms with Crippen LogP contribution in [0.15, 0.2) is 35.7 Å². The van der Waals surface area contributed by atoms with Crippen molar-refractivity contribution in [1.29, 1.82) is 0 Å². The second kappa shape index (κ2) is 3.85. The molecule has 1 aliphatic rings. The molecule has 5 heteroatoms. The Kier molecular flexibility index (Phi) is 2.33. The van der Waals surface area contributed by atoms with Gasteiger partial charge in [-0.2, -0.15) is 0 Å². The number of carbonyl (C=O) groups is 1. The van der Waals surface area contributed by atoms with Crippen LogP contribution in [-0.4, -0.2) is 6.03 Å². The van der Waals surface area contributed by atoms with E-state index in [4.69, 9.17) is 0 Å². The third-order valence-corrected chi connectivity index (χ3v) is 3.61. The third-order valence-electron chi connectivity index (χ3n) is 2.68. The van der Waals surface area contributed by atoms with Crippen molar-refractivity contribution in [2.24, 2.45) is 0 Å². The molecule has 2 N–H and O–H groups in total. The molecule has 2 aromatic rings. The van der Waals surface area contributed by atoms with Crippen LogP contribution in [0.5, 0.6) is 0 Å². The average Bonchev–Trinajstić information content (AvgIpc) is 2.82. The molecule has 0 spiro atoms. The summed E-state index contributed by atoms with van der Waals surface area (Å²) in [6, 6.07) is 7.69. The first-order valence-corrected chi connectivity index (χ1v) is 6.02. The Morgan fingerprint density at radius 3 is 2.94 bits per heavy atom. The van der Waals surface area contributed by atoms with Crippen LogP contribution in [0.3, 0.4) is 0 Å². The normalized spacial score (nSPS) is 18.2. The summed E-state index contributed by atoms with van der Waals surface area (Å²) >= 11 is 1.54. The van der Waals surface area contributed by atoms with Crippen LogP contribution in [0, 0.1) is 5.82 Å². The predicted octanol–water partition coefficient (Wildman–Crippen LogP) is 3.11. The first-order valence-electron chi connectivity index (χ1n) is 5.14. The van der Waals surface area contributed by atoms with Crippen LogP contribution in [0.25, 0.3) is 0 Å². The number of nitrogens with one attached hydrogen (secondary N) is 2. The van der Waals surface area contributed by atoms with Crippen molar-refractivity contribution in [1.82, 2.24) is 5.32 Å². The van der Waals surface area contributed by atoms with Crippen LogP contribution < -0.4 is 10.6 Å². The van der Waals surface area contributed by atoms with Crippen molar-refractivity contribution in [3.8, 4) is 0 Å². The minimum Gasteiger partial charge on any atom is -0.326 e. The maximum Gasteiger partial charge on any atom is 0.320 e. The van der Waals surface area contributed by atoms with Crippen molar-refractivity contribution >= 4 is 23.1 Å². The fourth-order valence-electron chi connectivity index (χ4n) is 1.93. The number of fused-ring (bicyclic) bond motifs is 1. The van der Waals surface area contributed by atoms with E-state index in [0.29, 0.717) is 5.69 Å². The molecule has 0 saturated carbocycles. The average molecular weight is 248 g/mol. The Hall–Kier alpha value is -1.88. The monoisotopic (exact) mass is 248 g/mol. The molecule has 1 aromatic carbocycles. The van der Waals surface area contributed by atoms with Gasteiger partial charge in [-0.15, -0.1) is 11.3 Å². The third kappa shape index (κ3) is 1.78. The molecule has 0 saturated heterocycles. The van der Waals surface area contributed by atoms with E-state index in [0.717, 1.165) is 10.4 Å². The lowest BCUT2D eigenvalue weighted by Crippen LogP contribution is -2.37. The Bertz CT molecular complexity index is 568. The number of benzene rings is 1. The van der Waals surface area contributed by atoms with E-state index in [-0.39, 0.29) is 17.9 Å². The van der Waals surface area contributed by atoms with Gasteiger partial charge in [0.05, 0.1) is 6.04 Å². The van der Waals surface area contributed by atoms with Gasteiger partial charge in [0.25, 0.3) is 0 Å². The highest BCUT2D eigenvalue weighted by Gasteiger charge is 2.26. The lowest BCUT2D eigenvalue weighted by Gasteiger charge is -2.26. The summed E-state index contributed by atoms with van der Waals surface area (Å²) in [4.78, 5) is 12.5. The van der Waals surface area contributed by atoms with Gasteiger partial charge in [-0.25, -0.2) is 9.18 Å². The Morgan fingerprint density at radius 2 is 2.18 bits per heavy atom. The van der Waals surface area contributed by atoms with Gasteiger partial charge in [0, 0.05) is 16.1 Å². The van der Waals surface area contributed by atoms with Crippen molar-refractivity contribution in [3.63, 3.8) is 0 Å². The van der Waals surface area contributed by atoms with Crippen molar-refractivity contribution in [3.05, 3.63) is 52.0 Å². The molecule has 1 aromatic heterocycles. The molecule has 0 radical (unpaired) electrons. The quantitative estimate of drug-likeness (QED) is 0.800. The molecule has 2 heterocycles. The number of rotatable bonds is 1. The van der Waals surface area contributed by atoms with Gasteiger partial charge in [0.2, 0.25) is 0 Å². The summed E-state index contributed by atoms with van der Waals surface area (Å²) in [5.74, 6) is -0.303. The summed E-state index contributed by atoms with van der Waals surface area (Å²) in [6.07, 6.45) is 0. The van der Waals surface area contributed by atoms with Gasteiger partial charge < -0.3 is 10.6 Å². The molecule has 1 aliphatic heterocycles. The van der Waals surface area contributed by atoms with E-state index in [1.54, 1.807) is 6.07 Å². The van der Waals surface area contributed by atoms with Crippen LogP contribution in [0.1, 0.15) is 16.5 Å². The van der Waals surface area contributed by atoms with E-state index in [1.807, 2.05) is 17.5 Å². The topological polar surface area (TPSA) is 41.1 Å². The van der Waals surface area contributed by atoms with E-state index in [9.17, 15) is 9.18 Å². The van der Waals surface area contributed by atoms with Crippen molar-refractivity contribution in [2.45, 2.75) is 6.04 Å². The van der Waals surface area contributed by atoms with Crippen LogP contribution in [0.4, 0.5) is 14.9 Å². The highest BCUT2D eigenvalue weighted by atomic mass is 32.1. The number of carbonyl (C=O) groups excluding carboxylic acids is 1. The number of hydrogen-bond acceptors (Lipinski definition) is 2. The fourth-order valence-corrected chi connectivity index (χ4v) is 2.73. The number of anilines is 1. The smallest absolute Gasteiger partial charge is 0.320 e. The maximum absolute atomic E-state index is 13.3. The lowest BCUT2D eigenvalue weighted by molar-refractivity contribution is 0.249. The first-order chi connectivity index (χ1) is 8.24. The molecule has 2 amide bonds. The molecule has 1 atom stereocenters. The molecule has 17 heavy (non-hydrogen) atoms. The second-order valence-electron chi connectivity index (χ2n) is 3.78. The summed E-state index contributed by atoms with van der Waals surface area (Å²) in [7, 11) is 0. The van der Waals surface area contributed by atoms with Crippen LogP contribution in [0.2, 0.25) is 0 Å². The van der Waals surface area contributed by atoms with Gasteiger partial charge >= 0.3 is 6.03 Å². The molecule has 86 valence electrons. The largest absolute Gasteiger partial charge is 0.326 e. The number of thiophene rings is 1. The molecule has 0 bridgehead atoms. The van der Waals surface area contributed by atoms with Crippen LogP contribution in [-0.2, 0) is 0 Å². The van der Waals surface area contributed by atoms with Gasteiger partial charge in [-0.05, 0) is 29.6 Å². The van der Waals surface area contributed by atoms with E-state index >= 15 is 0 Å². The Labute approximate surface area is 101 Å². The standard InChI is InChI=1S/C12H9FN2OS/c13-7-3-4-9-8(6-7)11(15-12(16)14-9)10-2-1-5-17-10/h1-6,11H,(H2,14,15,16). The zero-order chi connectivity index (χ0) is 11.8. The van der Waals surface area contributed by atoms with Crippen molar-refractivity contribution in [2.75, 3.05) is 5.32 Å². The molecule has 0 aliphatic carbocycles. The Balaban J connectivity index is 2.13. The summed E-state index contributed by atoms with van der Waals surface area (Å²) < 4.78 is 13.3. The van der Waals surface area contributed by atoms with E-state index < -0.39 is 0 Å². The summed E-state index contributed by atoms with van der Waals surface area (Å²) in [5.41, 5.74) is 1.42. The van der Waals surface area contributed by atoms with Gasteiger partial charge in [0.1, 0.15) is 5.82 Å². The van der Waals surface area contributed by atoms with Crippen molar-refractivity contribution < 1.29 is 9.18 Å². The second-order valence-corrected chi connectivity index (χ2v) is 4.76. The molecule has 0 fully saturated rings. The maximum atomic E-state index is 13.3. The van der Waals surface area contributed by atoms with E-state index in [2.05, 4.69) is 10.6 Å². The number of hydrogen-bond donors (Lipinski definition) is 2. The summed E-state index contributed by atoms with van der Waals surface area (Å²) in [5, 5.41) is 7.40. The minimum absolute atomic E-state index is 0.262. The zero-order valence-corrected chi connectivity index (χ0v) is 9.55. The van der Waals surface area contributed by atoms with Gasteiger partial charge in [-0.1, -0.05) is 6.07 Å². The number of halogens is 1. The number of amides is 2. The molecular formula is C12H9FN2OS. The zero-order valence-electron chi connectivity index (χ0n) is 8.74. The molecule has 1 unspecified atom stereocenters. The SMILES string of the molecule is O=C1Nc2ccc(F)cc2C(c2cccs2)N1. The summed E-state index contributed by atoms with van der Waals surface area (Å²) in [6.45, 7) is 0. The highest BCUT2D eigenvalue weighted by Crippen LogP contribution is 2.34. The fraction of sp³-hybridized carbons (Fsp3) is 0.0833. The Morgan fingerprint density at radius 1 is 1.29 bits per heavy atom. The molecule has 3 rings (SSSR count). The predicted molar refractivity (Wildman–Crippen MR) is 64.7 cm³/mol.